The number of aryl methyl sites for hydroxylation is 2. The summed E-state index contributed by atoms with van der Waals surface area (Å²) in [5.41, 5.74) is 5.20. The summed E-state index contributed by atoms with van der Waals surface area (Å²) in [5, 5.41) is 22.0. The van der Waals surface area contributed by atoms with Gasteiger partial charge in [-0.25, -0.2) is 0 Å². The molecule has 0 saturated heterocycles. The van der Waals surface area contributed by atoms with Gasteiger partial charge in [0.1, 0.15) is 11.9 Å². The van der Waals surface area contributed by atoms with E-state index in [0.717, 1.165) is 37.3 Å². The number of nitrogens with zero attached hydrogens (tertiary/aromatic N) is 5. The van der Waals surface area contributed by atoms with E-state index in [1.54, 1.807) is 0 Å². The van der Waals surface area contributed by atoms with Crippen LogP contribution in [0.4, 0.5) is 5.69 Å². The lowest BCUT2D eigenvalue weighted by atomic mass is 10.2. The predicted octanol–water partition coefficient (Wildman–Crippen LogP) is 2.65. The van der Waals surface area contributed by atoms with Crippen molar-refractivity contribution in [3.8, 4) is 6.07 Å². The SMILES string of the molecule is Cc1ccc(NN=C(C#N)c2nnc3n2CCCCC3)cc1. The number of hydrazone groups is 1. The van der Waals surface area contributed by atoms with Crippen molar-refractivity contribution in [3.63, 3.8) is 0 Å². The van der Waals surface area contributed by atoms with Crippen LogP contribution < -0.4 is 5.43 Å². The Labute approximate surface area is 129 Å². The van der Waals surface area contributed by atoms with Crippen LogP contribution in [0.15, 0.2) is 29.4 Å². The molecule has 0 saturated carbocycles. The third-order valence-electron chi connectivity index (χ3n) is 3.78. The molecule has 0 unspecified atom stereocenters. The van der Waals surface area contributed by atoms with Gasteiger partial charge in [-0.05, 0) is 31.9 Å². The Balaban J connectivity index is 1.85. The molecule has 0 amide bonds. The second-order valence-corrected chi connectivity index (χ2v) is 5.45. The molecule has 0 fully saturated rings. The van der Waals surface area contributed by atoms with Crippen LogP contribution in [0.5, 0.6) is 0 Å². The standard InChI is InChI=1S/C16H18N6/c1-12-6-8-13(9-7-12)18-19-14(11-17)16-21-20-15-5-3-2-4-10-22(15)16/h6-9,18H,2-5,10H2,1H3. The minimum atomic E-state index is 0.265. The second-order valence-electron chi connectivity index (χ2n) is 5.45. The van der Waals surface area contributed by atoms with E-state index in [9.17, 15) is 5.26 Å². The van der Waals surface area contributed by atoms with Gasteiger partial charge in [-0.15, -0.1) is 10.2 Å². The topological polar surface area (TPSA) is 78.9 Å². The van der Waals surface area contributed by atoms with Crippen molar-refractivity contribution in [3.05, 3.63) is 41.5 Å². The van der Waals surface area contributed by atoms with E-state index in [2.05, 4.69) is 26.8 Å². The highest BCUT2D eigenvalue weighted by atomic mass is 15.3. The fourth-order valence-corrected chi connectivity index (χ4v) is 2.53. The van der Waals surface area contributed by atoms with Crippen molar-refractivity contribution in [2.24, 2.45) is 5.10 Å². The number of nitrogens with one attached hydrogen (secondary N) is 1. The number of hydrogen-bond donors (Lipinski definition) is 1. The molecule has 1 aliphatic rings. The summed E-state index contributed by atoms with van der Waals surface area (Å²) >= 11 is 0. The van der Waals surface area contributed by atoms with Crippen LogP contribution in [0.25, 0.3) is 0 Å². The van der Waals surface area contributed by atoms with Crippen LogP contribution in [0.3, 0.4) is 0 Å². The van der Waals surface area contributed by atoms with Gasteiger partial charge in [-0.2, -0.15) is 10.4 Å². The summed E-state index contributed by atoms with van der Waals surface area (Å²) < 4.78 is 2.02. The number of nitriles is 1. The molecule has 0 atom stereocenters. The van der Waals surface area contributed by atoms with Gasteiger partial charge in [0.05, 0.1) is 5.69 Å². The number of rotatable bonds is 3. The zero-order valence-corrected chi connectivity index (χ0v) is 12.6. The van der Waals surface area contributed by atoms with Crippen LogP contribution in [0, 0.1) is 18.3 Å². The average molecular weight is 294 g/mol. The second kappa shape index (κ2) is 6.39. The summed E-state index contributed by atoms with van der Waals surface area (Å²) in [5.74, 6) is 1.50. The fourth-order valence-electron chi connectivity index (χ4n) is 2.53. The first-order chi connectivity index (χ1) is 10.8. The van der Waals surface area contributed by atoms with Crippen molar-refractivity contribution >= 4 is 11.4 Å². The molecule has 112 valence electrons. The zero-order chi connectivity index (χ0) is 15.4. The molecule has 1 aromatic heterocycles. The van der Waals surface area contributed by atoms with E-state index in [-0.39, 0.29) is 5.71 Å². The molecule has 2 aromatic rings. The normalized spacial score (nSPS) is 14.8. The van der Waals surface area contributed by atoms with Gasteiger partial charge < -0.3 is 4.57 Å². The Bertz CT molecular complexity index is 720. The van der Waals surface area contributed by atoms with Crippen molar-refractivity contribution in [2.45, 2.75) is 39.2 Å². The third-order valence-corrected chi connectivity index (χ3v) is 3.78. The third kappa shape index (κ3) is 2.98. The molecular weight excluding hydrogens is 276 g/mol. The summed E-state index contributed by atoms with van der Waals surface area (Å²) in [4.78, 5) is 0. The van der Waals surface area contributed by atoms with E-state index in [0.29, 0.717) is 5.82 Å². The molecule has 22 heavy (non-hydrogen) atoms. The van der Waals surface area contributed by atoms with Gasteiger partial charge in [0.2, 0.25) is 5.71 Å². The molecule has 0 spiro atoms. The Morgan fingerprint density at radius 3 is 2.82 bits per heavy atom. The lowest BCUT2D eigenvalue weighted by molar-refractivity contribution is 0.628. The van der Waals surface area contributed by atoms with Crippen molar-refractivity contribution in [2.75, 3.05) is 5.43 Å². The summed E-state index contributed by atoms with van der Waals surface area (Å²) in [6.07, 6.45) is 4.31. The number of benzene rings is 1. The van der Waals surface area contributed by atoms with Gasteiger partial charge in [-0.3, -0.25) is 5.43 Å². The van der Waals surface area contributed by atoms with Crippen LogP contribution in [0.1, 0.15) is 36.5 Å². The van der Waals surface area contributed by atoms with Crippen LogP contribution in [-0.4, -0.2) is 20.5 Å². The van der Waals surface area contributed by atoms with Gasteiger partial charge in [0.25, 0.3) is 0 Å². The maximum atomic E-state index is 9.39. The molecule has 1 N–H and O–H groups in total. The van der Waals surface area contributed by atoms with Gasteiger partial charge in [0.15, 0.2) is 5.82 Å². The van der Waals surface area contributed by atoms with Gasteiger partial charge in [0, 0.05) is 13.0 Å². The maximum Gasteiger partial charge on any atom is 0.205 e. The quantitative estimate of drug-likeness (QED) is 0.697. The Hall–Kier alpha value is -2.68. The average Bonchev–Trinajstić information content (AvgIpc) is 2.79. The molecule has 0 radical (unpaired) electrons. The number of aromatic nitrogens is 3. The zero-order valence-electron chi connectivity index (χ0n) is 12.6. The molecule has 2 heterocycles. The van der Waals surface area contributed by atoms with Crippen molar-refractivity contribution in [1.82, 2.24) is 14.8 Å². The smallest absolute Gasteiger partial charge is 0.205 e. The largest absolute Gasteiger partial charge is 0.309 e. The Kier molecular flexibility index (Phi) is 4.15. The van der Waals surface area contributed by atoms with Crippen molar-refractivity contribution < 1.29 is 0 Å². The molecule has 1 aromatic carbocycles. The monoisotopic (exact) mass is 294 g/mol. The lowest BCUT2D eigenvalue weighted by Gasteiger charge is -2.06. The summed E-state index contributed by atoms with van der Waals surface area (Å²) in [7, 11) is 0. The molecular formula is C16H18N6. The van der Waals surface area contributed by atoms with E-state index in [1.165, 1.54) is 12.0 Å². The highest BCUT2D eigenvalue weighted by Gasteiger charge is 2.18. The molecule has 3 rings (SSSR count). The first kappa shape index (κ1) is 14.3. The maximum absolute atomic E-state index is 9.39. The first-order valence-corrected chi connectivity index (χ1v) is 7.51. The number of fused-ring (bicyclic) bond motifs is 1. The molecule has 1 aliphatic heterocycles. The molecule has 6 heteroatoms. The minimum absolute atomic E-state index is 0.265. The molecule has 6 nitrogen and oxygen atoms in total. The first-order valence-electron chi connectivity index (χ1n) is 7.51. The molecule has 0 aliphatic carbocycles. The highest BCUT2D eigenvalue weighted by molar-refractivity contribution is 6.09. The van der Waals surface area contributed by atoms with Crippen LogP contribution in [0.2, 0.25) is 0 Å². The Morgan fingerprint density at radius 2 is 2.05 bits per heavy atom. The molecule has 0 bridgehead atoms. The number of anilines is 1. The van der Waals surface area contributed by atoms with Crippen LogP contribution >= 0.6 is 0 Å². The van der Waals surface area contributed by atoms with Gasteiger partial charge in [-0.1, -0.05) is 24.1 Å². The predicted molar refractivity (Wildman–Crippen MR) is 84.5 cm³/mol. The minimum Gasteiger partial charge on any atom is -0.309 e. The van der Waals surface area contributed by atoms with E-state index < -0.39 is 0 Å². The highest BCUT2D eigenvalue weighted by Crippen LogP contribution is 2.15. The van der Waals surface area contributed by atoms with Crippen molar-refractivity contribution in [1.29, 1.82) is 5.26 Å². The van der Waals surface area contributed by atoms with Crippen LogP contribution in [-0.2, 0) is 13.0 Å². The van der Waals surface area contributed by atoms with Gasteiger partial charge >= 0.3 is 0 Å². The number of hydrogen-bond acceptors (Lipinski definition) is 5. The van der Waals surface area contributed by atoms with E-state index in [1.807, 2.05) is 35.8 Å². The summed E-state index contributed by atoms with van der Waals surface area (Å²) in [6.45, 7) is 2.88. The summed E-state index contributed by atoms with van der Waals surface area (Å²) in [6, 6.07) is 9.96. The Morgan fingerprint density at radius 1 is 1.23 bits per heavy atom. The van der Waals surface area contributed by atoms with E-state index >= 15 is 0 Å². The lowest BCUT2D eigenvalue weighted by Crippen LogP contribution is -2.12. The van der Waals surface area contributed by atoms with E-state index in [4.69, 9.17) is 0 Å². The fraction of sp³-hybridized carbons (Fsp3) is 0.375.